The van der Waals surface area contributed by atoms with Crippen LogP contribution in [0.25, 0.3) is 22.4 Å². The molecule has 2 aromatic carbocycles. The van der Waals surface area contributed by atoms with E-state index in [0.717, 1.165) is 5.56 Å². The Kier molecular flexibility index (Phi) is 7.00. The summed E-state index contributed by atoms with van der Waals surface area (Å²) in [5.74, 6) is -1.09. The van der Waals surface area contributed by atoms with Crippen molar-refractivity contribution in [2.24, 2.45) is 0 Å². The van der Waals surface area contributed by atoms with Crippen LogP contribution in [0.1, 0.15) is 5.76 Å². The number of aliphatic hydroxyl groups excluding tert-OH is 3. The lowest BCUT2D eigenvalue weighted by atomic mass is 9.99. The Balaban J connectivity index is 1.51. The first-order chi connectivity index (χ1) is 16.6. The molecule has 2 heterocycles. The number of aryl methyl sites for hydroxylation is 1. The third kappa shape index (κ3) is 4.97. The molecule has 0 spiro atoms. The number of aliphatic hydroxyl groups is 3. The molecule has 1 aromatic heterocycles. The van der Waals surface area contributed by atoms with E-state index in [0.29, 0.717) is 22.6 Å². The Bertz CT molecular complexity index is 1290. The van der Waals surface area contributed by atoms with Crippen molar-refractivity contribution in [1.82, 2.24) is 10.0 Å². The van der Waals surface area contributed by atoms with Crippen molar-refractivity contribution in [3.05, 3.63) is 60.4 Å². The molecule has 12 nitrogen and oxygen atoms in total. The van der Waals surface area contributed by atoms with Gasteiger partial charge in [0.05, 0.1) is 10.5 Å². The Morgan fingerprint density at radius 3 is 2.26 bits per heavy atom. The van der Waals surface area contributed by atoms with E-state index in [4.69, 9.17) is 19.2 Å². The molecule has 5 atom stereocenters. The van der Waals surface area contributed by atoms with Crippen molar-refractivity contribution in [3.63, 3.8) is 0 Å². The predicted molar refractivity (Wildman–Crippen MR) is 118 cm³/mol. The number of hydrogen-bond acceptors (Lipinski definition) is 10. The number of ether oxygens (including phenoxy) is 1. The summed E-state index contributed by atoms with van der Waals surface area (Å²) < 4.78 is 35.6. The zero-order chi connectivity index (χ0) is 25.3. The number of aliphatic carboxylic acids is 1. The fourth-order valence-corrected chi connectivity index (χ4v) is 4.43. The molecular weight excluding hydrogens is 484 g/mol. The molecule has 35 heavy (non-hydrogen) atoms. The minimum atomic E-state index is -4.30. The SMILES string of the molecule is Cc1onc(-c2ccccc2)c1-c1ccc(S(=O)(=O)NO[C@@H]2O[C@H](C(=O)O)[C@@H](O)[C@H](O)[C@H]2O)cc1. The van der Waals surface area contributed by atoms with Crippen molar-refractivity contribution >= 4 is 16.0 Å². The van der Waals surface area contributed by atoms with E-state index in [1.165, 1.54) is 12.1 Å². The van der Waals surface area contributed by atoms with Crippen molar-refractivity contribution in [2.75, 3.05) is 0 Å². The van der Waals surface area contributed by atoms with Crippen molar-refractivity contribution in [2.45, 2.75) is 42.5 Å². The van der Waals surface area contributed by atoms with Gasteiger partial charge in [-0.2, -0.15) is 0 Å². The minimum absolute atomic E-state index is 0.211. The second kappa shape index (κ2) is 9.83. The monoisotopic (exact) mass is 506 g/mol. The molecule has 5 N–H and O–H groups in total. The first-order valence-electron chi connectivity index (χ1n) is 10.3. The van der Waals surface area contributed by atoms with Gasteiger partial charge in [-0.05, 0) is 24.6 Å². The first kappa shape index (κ1) is 24.9. The summed E-state index contributed by atoms with van der Waals surface area (Å²) in [5, 5.41) is 42.7. The summed E-state index contributed by atoms with van der Waals surface area (Å²) >= 11 is 0. The van der Waals surface area contributed by atoms with Gasteiger partial charge in [0.15, 0.2) is 6.10 Å². The smallest absolute Gasteiger partial charge is 0.335 e. The quantitative estimate of drug-likeness (QED) is 0.279. The van der Waals surface area contributed by atoms with Gasteiger partial charge in [-0.25, -0.2) is 13.2 Å². The minimum Gasteiger partial charge on any atom is -0.479 e. The van der Waals surface area contributed by atoms with Crippen LogP contribution in [0.3, 0.4) is 0 Å². The highest BCUT2D eigenvalue weighted by molar-refractivity contribution is 7.89. The summed E-state index contributed by atoms with van der Waals surface area (Å²) in [4.78, 5) is 17.5. The molecule has 1 fully saturated rings. The highest BCUT2D eigenvalue weighted by atomic mass is 32.2. The molecule has 0 aliphatic carbocycles. The first-order valence-corrected chi connectivity index (χ1v) is 11.8. The van der Waals surface area contributed by atoms with Crippen LogP contribution in [0.5, 0.6) is 0 Å². The van der Waals surface area contributed by atoms with E-state index in [1.807, 2.05) is 30.3 Å². The van der Waals surface area contributed by atoms with Crippen molar-refractivity contribution in [3.8, 4) is 22.4 Å². The van der Waals surface area contributed by atoms with E-state index >= 15 is 0 Å². The number of benzene rings is 2. The van der Waals surface area contributed by atoms with Gasteiger partial charge in [0.2, 0.25) is 6.29 Å². The largest absolute Gasteiger partial charge is 0.479 e. The Labute approximate surface area is 199 Å². The Hall–Kier alpha value is -3.17. The molecule has 13 heteroatoms. The van der Waals surface area contributed by atoms with E-state index in [2.05, 4.69) is 5.16 Å². The number of rotatable bonds is 7. The highest BCUT2D eigenvalue weighted by Gasteiger charge is 2.48. The van der Waals surface area contributed by atoms with Crippen molar-refractivity contribution < 1.29 is 47.7 Å². The van der Waals surface area contributed by atoms with Gasteiger partial charge in [-0.1, -0.05) is 52.5 Å². The Morgan fingerprint density at radius 2 is 1.63 bits per heavy atom. The third-order valence-corrected chi connectivity index (χ3v) is 6.66. The lowest BCUT2D eigenvalue weighted by Gasteiger charge is -2.37. The number of hydrogen-bond donors (Lipinski definition) is 5. The molecule has 3 aromatic rings. The molecule has 0 saturated carbocycles. The van der Waals surface area contributed by atoms with Crippen LogP contribution >= 0.6 is 0 Å². The molecule has 1 aliphatic heterocycles. The second-order valence-corrected chi connectivity index (χ2v) is 9.44. The van der Waals surface area contributed by atoms with Crippen LogP contribution < -0.4 is 4.89 Å². The number of aromatic nitrogens is 1. The van der Waals surface area contributed by atoms with Gasteiger partial charge >= 0.3 is 5.97 Å². The van der Waals surface area contributed by atoms with Gasteiger partial charge in [0.1, 0.15) is 29.8 Å². The summed E-state index contributed by atoms with van der Waals surface area (Å²) in [6.07, 6.45) is -9.62. The molecule has 0 bridgehead atoms. The van der Waals surface area contributed by atoms with Gasteiger partial charge in [-0.3, -0.25) is 4.84 Å². The molecule has 0 unspecified atom stereocenters. The molecule has 0 radical (unpaired) electrons. The number of carboxylic acids is 1. The van der Waals surface area contributed by atoms with Gasteiger partial charge < -0.3 is 29.7 Å². The van der Waals surface area contributed by atoms with E-state index in [1.54, 1.807) is 23.9 Å². The summed E-state index contributed by atoms with van der Waals surface area (Å²) in [7, 11) is -4.30. The average molecular weight is 506 g/mol. The topological polar surface area (TPSA) is 189 Å². The average Bonchev–Trinajstić information content (AvgIpc) is 3.24. The summed E-state index contributed by atoms with van der Waals surface area (Å²) in [5.41, 5.74) is 2.76. The molecule has 4 rings (SSSR count). The summed E-state index contributed by atoms with van der Waals surface area (Å²) in [6, 6.07) is 15.0. The third-order valence-electron chi connectivity index (χ3n) is 5.45. The van der Waals surface area contributed by atoms with Crippen LogP contribution in [0.15, 0.2) is 64.0 Å². The van der Waals surface area contributed by atoms with Crippen molar-refractivity contribution in [1.29, 1.82) is 0 Å². The zero-order valence-corrected chi connectivity index (χ0v) is 19.0. The molecule has 1 saturated heterocycles. The van der Waals surface area contributed by atoms with Gasteiger partial charge in [0.25, 0.3) is 10.0 Å². The molecule has 1 aliphatic rings. The standard InChI is InChI=1S/C22H22N2O10S/c1-11-15(16(23-33-11)13-5-3-2-4-6-13)12-7-9-14(10-8-12)35(30,31)24-34-22-19(27)17(25)18(26)20(32-22)21(28)29/h2-10,17-20,22,24-27H,1H3,(H,28,29)/t17-,18-,19+,20-,22-/m0/s1. The molecule has 0 amide bonds. The number of carbonyl (C=O) groups is 1. The summed E-state index contributed by atoms with van der Waals surface area (Å²) in [6.45, 7) is 1.74. The predicted octanol–water partition coefficient (Wildman–Crippen LogP) is 0.419. The normalized spacial score (nSPS) is 24.9. The van der Waals surface area contributed by atoms with Crippen LogP contribution in [0.4, 0.5) is 0 Å². The van der Waals surface area contributed by atoms with Gasteiger partial charge in [-0.15, -0.1) is 0 Å². The van der Waals surface area contributed by atoms with E-state index in [-0.39, 0.29) is 4.90 Å². The molecule has 186 valence electrons. The fourth-order valence-electron chi connectivity index (χ4n) is 3.61. The lowest BCUT2D eigenvalue weighted by molar-refractivity contribution is -0.301. The zero-order valence-electron chi connectivity index (χ0n) is 18.2. The van der Waals surface area contributed by atoms with Crippen LogP contribution in [-0.2, 0) is 24.4 Å². The Morgan fingerprint density at radius 1 is 0.971 bits per heavy atom. The maximum atomic E-state index is 12.7. The van der Waals surface area contributed by atoms with Crippen LogP contribution in [0, 0.1) is 6.92 Å². The fraction of sp³-hybridized carbons (Fsp3) is 0.273. The lowest BCUT2D eigenvalue weighted by Crippen LogP contribution is -2.61. The maximum Gasteiger partial charge on any atom is 0.335 e. The van der Waals surface area contributed by atoms with E-state index < -0.39 is 46.7 Å². The van der Waals surface area contributed by atoms with E-state index in [9.17, 15) is 28.5 Å². The van der Waals surface area contributed by atoms with Gasteiger partial charge in [0, 0.05) is 5.56 Å². The number of nitrogens with zero attached hydrogens (tertiary/aromatic N) is 1. The van der Waals surface area contributed by atoms with Crippen LogP contribution in [0.2, 0.25) is 0 Å². The number of sulfonamides is 1. The number of carboxylic acid groups (broad SMARTS) is 1. The van der Waals surface area contributed by atoms with Crippen LogP contribution in [-0.4, -0.2) is 70.7 Å². The molecular formula is C22H22N2O10S. The maximum absolute atomic E-state index is 12.7. The second-order valence-electron chi connectivity index (χ2n) is 7.79. The highest BCUT2D eigenvalue weighted by Crippen LogP contribution is 2.34. The number of nitrogens with one attached hydrogen (secondary N) is 1.